The Balaban J connectivity index is 1.71. The molecule has 3 aromatic rings. The summed E-state index contributed by atoms with van der Waals surface area (Å²) in [5.41, 5.74) is 2.03. The average Bonchev–Trinajstić information content (AvgIpc) is 2.68. The number of para-hydroxylation sites is 1. The van der Waals surface area contributed by atoms with Gasteiger partial charge in [0.25, 0.3) is 5.56 Å². The van der Waals surface area contributed by atoms with Crippen molar-refractivity contribution in [2.75, 3.05) is 14.2 Å². The van der Waals surface area contributed by atoms with Crippen LogP contribution in [0.2, 0.25) is 0 Å². The van der Waals surface area contributed by atoms with Gasteiger partial charge in [0.2, 0.25) is 0 Å². The lowest BCUT2D eigenvalue weighted by Gasteiger charge is -2.11. The number of ether oxygens (including phenoxy) is 3. The van der Waals surface area contributed by atoms with Crippen LogP contribution in [0.1, 0.15) is 11.1 Å². The maximum atomic E-state index is 12.5. The molecule has 0 N–H and O–H groups in total. The SMILES string of the molecule is COc1ccc(COC(=O)Cn2cnc3c(C)cccc3c2=O)cc1OC. The molecule has 0 amide bonds. The van der Waals surface area contributed by atoms with Gasteiger partial charge in [-0.15, -0.1) is 0 Å². The van der Waals surface area contributed by atoms with Gasteiger partial charge in [-0.1, -0.05) is 18.2 Å². The van der Waals surface area contributed by atoms with Gasteiger partial charge in [-0.25, -0.2) is 4.98 Å². The fourth-order valence-corrected chi connectivity index (χ4v) is 2.77. The summed E-state index contributed by atoms with van der Waals surface area (Å²) in [6.07, 6.45) is 1.37. The number of esters is 1. The zero-order valence-corrected chi connectivity index (χ0v) is 15.4. The van der Waals surface area contributed by atoms with Crippen molar-refractivity contribution in [2.24, 2.45) is 0 Å². The summed E-state index contributed by atoms with van der Waals surface area (Å²) in [5.74, 6) is 0.619. The van der Waals surface area contributed by atoms with Gasteiger partial charge in [-0.2, -0.15) is 0 Å². The lowest BCUT2D eigenvalue weighted by atomic mass is 10.1. The monoisotopic (exact) mass is 368 g/mol. The Morgan fingerprint density at radius 1 is 1.11 bits per heavy atom. The second-order valence-electron chi connectivity index (χ2n) is 6.00. The van der Waals surface area contributed by atoms with E-state index in [9.17, 15) is 9.59 Å². The second kappa shape index (κ2) is 7.90. The minimum absolute atomic E-state index is 0.0635. The lowest BCUT2D eigenvalue weighted by Crippen LogP contribution is -2.25. The van der Waals surface area contributed by atoms with E-state index in [0.29, 0.717) is 22.4 Å². The summed E-state index contributed by atoms with van der Waals surface area (Å²) >= 11 is 0. The van der Waals surface area contributed by atoms with Crippen molar-refractivity contribution in [1.29, 1.82) is 0 Å². The summed E-state index contributed by atoms with van der Waals surface area (Å²) in [7, 11) is 3.09. The molecule has 7 heteroatoms. The number of aromatic nitrogens is 2. The number of carbonyl (C=O) groups excluding carboxylic acids is 1. The molecule has 27 heavy (non-hydrogen) atoms. The maximum absolute atomic E-state index is 12.5. The third-order valence-corrected chi connectivity index (χ3v) is 4.20. The van der Waals surface area contributed by atoms with Gasteiger partial charge in [0.05, 0.1) is 31.4 Å². The molecule has 1 heterocycles. The molecule has 140 valence electrons. The van der Waals surface area contributed by atoms with E-state index in [1.165, 1.54) is 18.0 Å². The predicted molar refractivity (Wildman–Crippen MR) is 100 cm³/mol. The van der Waals surface area contributed by atoms with Crippen LogP contribution in [0.3, 0.4) is 0 Å². The number of benzene rings is 2. The highest BCUT2D eigenvalue weighted by molar-refractivity contribution is 5.80. The first-order chi connectivity index (χ1) is 13.0. The van der Waals surface area contributed by atoms with Crippen molar-refractivity contribution in [1.82, 2.24) is 9.55 Å². The first-order valence-corrected chi connectivity index (χ1v) is 8.34. The fourth-order valence-electron chi connectivity index (χ4n) is 2.77. The standard InChI is InChI=1S/C20H20N2O5/c1-13-5-4-6-15-19(13)21-12-22(20(15)24)10-18(23)27-11-14-7-8-16(25-2)17(9-14)26-3/h4-9,12H,10-11H2,1-3H3. The zero-order valence-electron chi connectivity index (χ0n) is 15.4. The van der Waals surface area contributed by atoms with E-state index in [1.807, 2.05) is 13.0 Å². The van der Waals surface area contributed by atoms with E-state index in [1.54, 1.807) is 37.4 Å². The lowest BCUT2D eigenvalue weighted by molar-refractivity contribution is -0.145. The molecule has 0 spiro atoms. The van der Waals surface area contributed by atoms with Crippen LogP contribution in [0.25, 0.3) is 10.9 Å². The van der Waals surface area contributed by atoms with E-state index in [2.05, 4.69) is 4.98 Å². The largest absolute Gasteiger partial charge is 0.493 e. The minimum Gasteiger partial charge on any atom is -0.493 e. The molecule has 0 saturated heterocycles. The van der Waals surface area contributed by atoms with Gasteiger partial charge in [0.15, 0.2) is 11.5 Å². The molecule has 0 fully saturated rings. The van der Waals surface area contributed by atoms with Crippen LogP contribution >= 0.6 is 0 Å². The van der Waals surface area contributed by atoms with Crippen molar-refractivity contribution in [3.63, 3.8) is 0 Å². The van der Waals surface area contributed by atoms with Crippen LogP contribution in [-0.4, -0.2) is 29.7 Å². The number of fused-ring (bicyclic) bond motifs is 1. The summed E-state index contributed by atoms with van der Waals surface area (Å²) in [5, 5.41) is 0.477. The van der Waals surface area contributed by atoms with Gasteiger partial charge in [-0.05, 0) is 36.2 Å². The number of aryl methyl sites for hydroxylation is 1. The molecule has 0 unspecified atom stereocenters. The van der Waals surface area contributed by atoms with Gasteiger partial charge in [-0.3, -0.25) is 14.2 Å². The van der Waals surface area contributed by atoms with Gasteiger partial charge < -0.3 is 14.2 Å². The Kier molecular flexibility index (Phi) is 5.40. The third kappa shape index (κ3) is 3.92. The molecule has 2 aromatic carbocycles. The molecule has 0 saturated carbocycles. The highest BCUT2D eigenvalue weighted by Gasteiger charge is 2.11. The molecular formula is C20H20N2O5. The van der Waals surface area contributed by atoms with Gasteiger partial charge in [0, 0.05) is 0 Å². The summed E-state index contributed by atoms with van der Waals surface area (Å²) in [6, 6.07) is 10.6. The smallest absolute Gasteiger partial charge is 0.326 e. The van der Waals surface area contributed by atoms with E-state index in [4.69, 9.17) is 14.2 Å². The Morgan fingerprint density at radius 2 is 1.89 bits per heavy atom. The highest BCUT2D eigenvalue weighted by Crippen LogP contribution is 2.27. The summed E-state index contributed by atoms with van der Waals surface area (Å²) < 4.78 is 16.9. The first-order valence-electron chi connectivity index (χ1n) is 8.34. The molecule has 0 aliphatic carbocycles. The molecule has 7 nitrogen and oxygen atoms in total. The summed E-state index contributed by atoms with van der Waals surface area (Å²) in [6.45, 7) is 1.74. The molecule has 0 bridgehead atoms. The van der Waals surface area contributed by atoms with Crippen molar-refractivity contribution < 1.29 is 19.0 Å². The third-order valence-electron chi connectivity index (χ3n) is 4.20. The van der Waals surface area contributed by atoms with E-state index in [0.717, 1.165) is 11.1 Å². The van der Waals surface area contributed by atoms with E-state index < -0.39 is 5.97 Å². The Bertz CT molecular complexity index is 1040. The minimum atomic E-state index is -0.527. The van der Waals surface area contributed by atoms with Crippen LogP contribution in [0, 0.1) is 6.92 Å². The summed E-state index contributed by atoms with van der Waals surface area (Å²) in [4.78, 5) is 29.0. The zero-order chi connectivity index (χ0) is 19.4. The van der Waals surface area contributed by atoms with Crippen LogP contribution in [0.4, 0.5) is 0 Å². The van der Waals surface area contributed by atoms with Crippen molar-refractivity contribution in [3.05, 3.63) is 64.2 Å². The number of nitrogens with zero attached hydrogens (tertiary/aromatic N) is 2. The quantitative estimate of drug-likeness (QED) is 0.622. The van der Waals surface area contributed by atoms with Gasteiger partial charge >= 0.3 is 5.97 Å². The Morgan fingerprint density at radius 3 is 2.63 bits per heavy atom. The molecule has 0 radical (unpaired) electrons. The van der Waals surface area contributed by atoms with Gasteiger partial charge in [0.1, 0.15) is 13.2 Å². The van der Waals surface area contributed by atoms with Crippen molar-refractivity contribution >= 4 is 16.9 Å². The molecule has 0 aliphatic heterocycles. The van der Waals surface area contributed by atoms with Crippen LogP contribution in [0.5, 0.6) is 11.5 Å². The van der Waals surface area contributed by atoms with Crippen LogP contribution in [0.15, 0.2) is 47.5 Å². The predicted octanol–water partition coefficient (Wildman–Crippen LogP) is 2.47. The topological polar surface area (TPSA) is 79.7 Å². The normalized spacial score (nSPS) is 10.6. The number of hydrogen-bond donors (Lipinski definition) is 0. The Hall–Kier alpha value is -3.35. The van der Waals surface area contributed by atoms with E-state index in [-0.39, 0.29) is 18.7 Å². The van der Waals surface area contributed by atoms with Crippen LogP contribution in [-0.2, 0) is 22.7 Å². The van der Waals surface area contributed by atoms with Crippen molar-refractivity contribution in [3.8, 4) is 11.5 Å². The average molecular weight is 368 g/mol. The Labute approximate surface area is 156 Å². The molecule has 0 atom stereocenters. The van der Waals surface area contributed by atoms with E-state index >= 15 is 0 Å². The van der Waals surface area contributed by atoms with Crippen molar-refractivity contribution in [2.45, 2.75) is 20.1 Å². The number of carbonyl (C=O) groups is 1. The first kappa shape index (κ1) is 18.4. The number of hydrogen-bond acceptors (Lipinski definition) is 6. The number of rotatable bonds is 6. The molecular weight excluding hydrogens is 348 g/mol. The molecule has 0 aliphatic rings. The fraction of sp³-hybridized carbons (Fsp3) is 0.250. The molecule has 1 aromatic heterocycles. The maximum Gasteiger partial charge on any atom is 0.326 e. The second-order valence-corrected chi connectivity index (χ2v) is 6.00. The van der Waals surface area contributed by atoms with Crippen LogP contribution < -0.4 is 15.0 Å². The molecule has 3 rings (SSSR count). The number of methoxy groups -OCH3 is 2. The highest BCUT2D eigenvalue weighted by atomic mass is 16.5.